The highest BCUT2D eigenvalue weighted by molar-refractivity contribution is 8.00. The summed E-state index contributed by atoms with van der Waals surface area (Å²) < 4.78 is 35.8. The molecule has 0 radical (unpaired) electrons. The van der Waals surface area contributed by atoms with Gasteiger partial charge in [-0.15, -0.1) is 0 Å². The molecule has 0 amide bonds. The summed E-state index contributed by atoms with van der Waals surface area (Å²) in [5.74, 6) is -0.0558. The van der Waals surface area contributed by atoms with Crippen molar-refractivity contribution >= 4 is 17.4 Å². The summed E-state index contributed by atoms with van der Waals surface area (Å²) >= 11 is -0.0546. The number of nitrogens with zero attached hydrogens (tertiary/aromatic N) is 2. The van der Waals surface area contributed by atoms with Crippen molar-refractivity contribution in [1.82, 2.24) is 0 Å². The Hall–Kier alpha value is -1.35. The van der Waals surface area contributed by atoms with E-state index in [4.69, 9.17) is 5.26 Å². The summed E-state index contributed by atoms with van der Waals surface area (Å²) in [6, 6.07) is 8.85. The first kappa shape index (κ1) is 13.7. The van der Waals surface area contributed by atoms with Crippen LogP contribution in [0.3, 0.4) is 0 Å². The Labute approximate surface area is 102 Å². The molecule has 0 spiro atoms. The third kappa shape index (κ3) is 4.57. The van der Waals surface area contributed by atoms with Gasteiger partial charge in [-0.3, -0.25) is 0 Å². The molecule has 0 heterocycles. The summed E-state index contributed by atoms with van der Waals surface area (Å²) in [4.78, 5) is 1.65. The van der Waals surface area contributed by atoms with Crippen LogP contribution in [0.25, 0.3) is 0 Å². The molecule has 92 valence electrons. The smallest absolute Gasteiger partial charge is 0.373 e. The molecule has 2 nitrogen and oxygen atoms in total. The van der Waals surface area contributed by atoms with Crippen molar-refractivity contribution in [3.63, 3.8) is 0 Å². The first-order chi connectivity index (χ1) is 7.94. The summed E-state index contributed by atoms with van der Waals surface area (Å²) in [5, 5.41) is 8.86. The van der Waals surface area contributed by atoms with Gasteiger partial charge < -0.3 is 4.90 Å². The molecule has 6 heteroatoms. The molecule has 0 bridgehead atoms. The molecule has 0 N–H and O–H groups in total. The Morgan fingerprint density at radius 3 is 2.59 bits per heavy atom. The lowest BCUT2D eigenvalue weighted by molar-refractivity contribution is -0.0327. The molecule has 1 aromatic carbocycles. The number of rotatable bonds is 4. The van der Waals surface area contributed by atoms with Crippen molar-refractivity contribution in [3.8, 4) is 6.07 Å². The van der Waals surface area contributed by atoms with Crippen molar-refractivity contribution in [2.24, 2.45) is 0 Å². The van der Waals surface area contributed by atoms with Gasteiger partial charge >= 0.3 is 5.51 Å². The second-order valence-corrected chi connectivity index (χ2v) is 4.50. The van der Waals surface area contributed by atoms with Gasteiger partial charge in [-0.2, -0.15) is 18.4 Å². The summed E-state index contributed by atoms with van der Waals surface area (Å²) in [6.45, 7) is 0.239. The minimum Gasteiger partial charge on any atom is -0.373 e. The fourth-order valence-corrected chi connectivity index (χ4v) is 1.92. The summed E-state index contributed by atoms with van der Waals surface area (Å²) in [6.07, 6.45) is 0. The molecule has 0 atom stereocenters. The molecule has 1 aromatic rings. The Balaban J connectivity index is 2.59. The van der Waals surface area contributed by atoms with Gasteiger partial charge in [0, 0.05) is 19.3 Å². The number of alkyl halides is 3. The maximum atomic E-state index is 11.9. The monoisotopic (exact) mass is 260 g/mol. The molecule has 0 aliphatic carbocycles. The quantitative estimate of drug-likeness (QED) is 0.831. The van der Waals surface area contributed by atoms with Gasteiger partial charge in [0.1, 0.15) is 6.07 Å². The number of para-hydroxylation sites is 1. The van der Waals surface area contributed by atoms with E-state index in [1.54, 1.807) is 36.2 Å². The van der Waals surface area contributed by atoms with E-state index in [1.807, 2.05) is 6.07 Å². The van der Waals surface area contributed by atoms with E-state index in [0.717, 1.165) is 0 Å². The van der Waals surface area contributed by atoms with Crippen LogP contribution in [0.1, 0.15) is 5.56 Å². The standard InChI is InChI=1S/C11H11F3N2S/c1-16(6-7-17-11(12,13)14)10-5-3-2-4-9(10)8-15/h2-5H,6-7H2,1H3. The van der Waals surface area contributed by atoms with Gasteiger partial charge in [-0.1, -0.05) is 12.1 Å². The van der Waals surface area contributed by atoms with Crippen molar-refractivity contribution < 1.29 is 13.2 Å². The Morgan fingerprint density at radius 2 is 2.00 bits per heavy atom. The molecule has 0 aromatic heterocycles. The zero-order chi connectivity index (χ0) is 12.9. The van der Waals surface area contributed by atoms with Crippen molar-refractivity contribution in [2.45, 2.75) is 5.51 Å². The summed E-state index contributed by atoms with van der Waals surface area (Å²) in [5.41, 5.74) is -3.08. The van der Waals surface area contributed by atoms with Crippen LogP contribution in [0.5, 0.6) is 0 Å². The largest absolute Gasteiger partial charge is 0.441 e. The van der Waals surface area contributed by atoms with E-state index < -0.39 is 5.51 Å². The van der Waals surface area contributed by atoms with Crippen LogP contribution in [-0.4, -0.2) is 24.9 Å². The van der Waals surface area contributed by atoms with Crippen LogP contribution in [0, 0.1) is 11.3 Å². The zero-order valence-electron chi connectivity index (χ0n) is 9.16. The predicted octanol–water partition coefficient (Wildman–Crippen LogP) is 3.25. The maximum absolute atomic E-state index is 11.9. The van der Waals surface area contributed by atoms with Gasteiger partial charge in [0.2, 0.25) is 0 Å². The number of anilines is 1. The van der Waals surface area contributed by atoms with Crippen molar-refractivity contribution in [2.75, 3.05) is 24.2 Å². The number of benzene rings is 1. The fraction of sp³-hybridized carbons (Fsp3) is 0.364. The van der Waals surface area contributed by atoms with Crippen LogP contribution >= 0.6 is 11.8 Å². The van der Waals surface area contributed by atoms with Crippen LogP contribution in [-0.2, 0) is 0 Å². The molecule has 0 unspecified atom stereocenters. The third-order valence-electron chi connectivity index (χ3n) is 2.13. The lowest BCUT2D eigenvalue weighted by atomic mass is 10.2. The number of nitriles is 1. The average molecular weight is 260 g/mol. The Kier molecular flexibility index (Phi) is 4.70. The lowest BCUT2D eigenvalue weighted by Crippen LogP contribution is -2.22. The number of thioether (sulfide) groups is 1. The number of hydrogen-bond donors (Lipinski definition) is 0. The van der Waals surface area contributed by atoms with Crippen molar-refractivity contribution in [1.29, 1.82) is 5.26 Å². The first-order valence-electron chi connectivity index (χ1n) is 4.85. The van der Waals surface area contributed by atoms with Crippen molar-refractivity contribution in [3.05, 3.63) is 29.8 Å². The molecule has 17 heavy (non-hydrogen) atoms. The average Bonchev–Trinajstić information content (AvgIpc) is 2.27. The first-order valence-corrected chi connectivity index (χ1v) is 5.83. The normalized spacial score (nSPS) is 11.0. The van der Waals surface area contributed by atoms with Crippen LogP contribution < -0.4 is 4.90 Å². The molecule has 0 aliphatic heterocycles. The SMILES string of the molecule is CN(CCSC(F)(F)F)c1ccccc1C#N. The van der Waals surface area contributed by atoms with E-state index in [-0.39, 0.29) is 24.1 Å². The van der Waals surface area contributed by atoms with Gasteiger partial charge in [0.15, 0.2) is 0 Å². The second-order valence-electron chi connectivity index (χ2n) is 3.34. The highest BCUT2D eigenvalue weighted by Crippen LogP contribution is 2.30. The van der Waals surface area contributed by atoms with E-state index in [2.05, 4.69) is 0 Å². The van der Waals surface area contributed by atoms with Gasteiger partial charge in [0.25, 0.3) is 0 Å². The van der Waals surface area contributed by atoms with Crippen LogP contribution in [0.4, 0.5) is 18.9 Å². The molecule has 0 fully saturated rings. The molecule has 0 saturated heterocycles. The Morgan fingerprint density at radius 1 is 1.35 bits per heavy atom. The van der Waals surface area contributed by atoms with E-state index >= 15 is 0 Å². The zero-order valence-corrected chi connectivity index (χ0v) is 9.98. The van der Waals surface area contributed by atoms with Gasteiger partial charge in [-0.05, 0) is 23.9 Å². The molecule has 1 rings (SSSR count). The predicted molar refractivity (Wildman–Crippen MR) is 62.9 cm³/mol. The van der Waals surface area contributed by atoms with Gasteiger partial charge in [-0.25, -0.2) is 0 Å². The van der Waals surface area contributed by atoms with E-state index in [1.165, 1.54) is 0 Å². The minimum atomic E-state index is -4.20. The molecule has 0 saturated carbocycles. The second kappa shape index (κ2) is 5.82. The third-order valence-corrected chi connectivity index (χ3v) is 2.84. The highest BCUT2D eigenvalue weighted by atomic mass is 32.2. The van der Waals surface area contributed by atoms with Crippen LogP contribution in [0.2, 0.25) is 0 Å². The lowest BCUT2D eigenvalue weighted by Gasteiger charge is -2.20. The fourth-order valence-electron chi connectivity index (χ4n) is 1.32. The number of hydrogen-bond acceptors (Lipinski definition) is 3. The number of halogens is 3. The topological polar surface area (TPSA) is 27.0 Å². The van der Waals surface area contributed by atoms with Crippen LogP contribution in [0.15, 0.2) is 24.3 Å². The van der Waals surface area contributed by atoms with E-state index in [9.17, 15) is 13.2 Å². The molecule has 0 aliphatic rings. The van der Waals surface area contributed by atoms with Gasteiger partial charge in [0.05, 0.1) is 11.3 Å². The summed E-state index contributed by atoms with van der Waals surface area (Å²) in [7, 11) is 1.67. The maximum Gasteiger partial charge on any atom is 0.441 e. The minimum absolute atomic E-state index is 0.0546. The highest BCUT2D eigenvalue weighted by Gasteiger charge is 2.27. The Bertz CT molecular complexity index is 412. The molecular weight excluding hydrogens is 249 g/mol. The molecular formula is C11H11F3N2S. The van der Waals surface area contributed by atoms with E-state index in [0.29, 0.717) is 11.3 Å².